The number of nitriles is 1. The number of sulfonamides is 1. The van der Waals surface area contributed by atoms with Gasteiger partial charge < -0.3 is 10.2 Å². The minimum absolute atomic E-state index is 0.183. The number of quaternary nitrogens is 1. The summed E-state index contributed by atoms with van der Waals surface area (Å²) in [6, 6.07) is 15.4. The van der Waals surface area contributed by atoms with Gasteiger partial charge in [-0.3, -0.25) is 4.79 Å². The van der Waals surface area contributed by atoms with E-state index < -0.39 is 10.0 Å². The van der Waals surface area contributed by atoms with Crippen molar-refractivity contribution in [3.05, 3.63) is 59.7 Å². The molecule has 7 nitrogen and oxygen atoms in total. The number of benzene rings is 2. The Morgan fingerprint density at radius 3 is 2.38 bits per heavy atom. The van der Waals surface area contributed by atoms with Crippen LogP contribution in [0.2, 0.25) is 0 Å². The zero-order valence-electron chi connectivity index (χ0n) is 16.6. The minimum atomic E-state index is -3.52. The largest absolute Gasteiger partial charge is 0.323 e. The van der Waals surface area contributed by atoms with Crippen LogP contribution < -0.4 is 10.2 Å². The molecule has 0 unspecified atom stereocenters. The topological polar surface area (TPSA) is 94.7 Å². The molecule has 2 aromatic rings. The summed E-state index contributed by atoms with van der Waals surface area (Å²) in [5.41, 5.74) is 1.92. The Labute approximate surface area is 171 Å². The molecule has 1 aliphatic heterocycles. The van der Waals surface area contributed by atoms with E-state index in [0.29, 0.717) is 42.3 Å². The van der Waals surface area contributed by atoms with Crippen molar-refractivity contribution in [3.8, 4) is 6.07 Å². The smallest absolute Gasteiger partial charge is 0.282 e. The molecule has 3 rings (SSSR count). The van der Waals surface area contributed by atoms with E-state index in [0.717, 1.165) is 10.5 Å². The van der Waals surface area contributed by atoms with E-state index in [1.165, 1.54) is 4.31 Å². The molecule has 0 radical (unpaired) electrons. The van der Waals surface area contributed by atoms with E-state index in [2.05, 4.69) is 11.4 Å². The van der Waals surface area contributed by atoms with Crippen molar-refractivity contribution < 1.29 is 18.1 Å². The fraction of sp³-hybridized carbons (Fsp3) is 0.333. The van der Waals surface area contributed by atoms with Crippen molar-refractivity contribution >= 4 is 21.6 Å². The van der Waals surface area contributed by atoms with Crippen molar-refractivity contribution in [1.29, 1.82) is 5.26 Å². The second-order valence-corrected chi connectivity index (χ2v) is 9.18. The van der Waals surface area contributed by atoms with Gasteiger partial charge in [-0.1, -0.05) is 29.8 Å². The number of rotatable bonds is 5. The van der Waals surface area contributed by atoms with Gasteiger partial charge in [-0.2, -0.15) is 9.57 Å². The minimum Gasteiger partial charge on any atom is -0.323 e. The lowest BCUT2D eigenvalue weighted by Crippen LogP contribution is -3.19. The van der Waals surface area contributed by atoms with Gasteiger partial charge in [0.1, 0.15) is 6.07 Å². The number of para-hydroxylation sites is 1. The normalized spacial score (nSPS) is 16.7. The number of nitrogens with zero attached hydrogens (tertiary/aromatic N) is 2. The molecule has 2 N–H and O–H groups in total. The highest BCUT2D eigenvalue weighted by Gasteiger charge is 2.34. The van der Waals surface area contributed by atoms with Crippen LogP contribution >= 0.6 is 0 Å². The quantitative estimate of drug-likeness (QED) is 0.758. The number of hydrogen-bond acceptors (Lipinski definition) is 4. The Hall–Kier alpha value is -2.73. The summed E-state index contributed by atoms with van der Waals surface area (Å²) in [7, 11) is -3.52. The van der Waals surface area contributed by atoms with Crippen LogP contribution in [0.1, 0.15) is 18.1 Å². The molecular weight excluding hydrogens is 388 g/mol. The summed E-state index contributed by atoms with van der Waals surface area (Å²) in [4.78, 5) is 14.0. The molecule has 29 heavy (non-hydrogen) atoms. The number of nitrogens with one attached hydrogen (secondary N) is 2. The first kappa shape index (κ1) is 21.0. The molecule has 1 atom stereocenters. The molecule has 1 amide bonds. The third-order valence-corrected chi connectivity index (χ3v) is 7.25. The molecule has 152 valence electrons. The number of aryl methyl sites for hydroxylation is 1. The Bertz CT molecular complexity index is 1020. The number of hydrogen-bond donors (Lipinski definition) is 2. The van der Waals surface area contributed by atoms with Crippen molar-refractivity contribution in [2.45, 2.75) is 24.8 Å². The van der Waals surface area contributed by atoms with Crippen molar-refractivity contribution in [1.82, 2.24) is 4.31 Å². The summed E-state index contributed by atoms with van der Waals surface area (Å²) in [6.07, 6.45) is 0. The zero-order chi connectivity index (χ0) is 21.0. The van der Waals surface area contributed by atoms with Gasteiger partial charge >= 0.3 is 0 Å². The number of piperazine rings is 1. The van der Waals surface area contributed by atoms with Crippen LogP contribution in [-0.2, 0) is 14.8 Å². The van der Waals surface area contributed by atoms with Gasteiger partial charge in [0.05, 0.1) is 42.3 Å². The van der Waals surface area contributed by atoms with Gasteiger partial charge in [0.15, 0.2) is 6.04 Å². The van der Waals surface area contributed by atoms with Crippen LogP contribution in [0.4, 0.5) is 5.69 Å². The van der Waals surface area contributed by atoms with Gasteiger partial charge in [0, 0.05) is 0 Å². The van der Waals surface area contributed by atoms with Gasteiger partial charge in [-0.05, 0) is 38.1 Å². The SMILES string of the molecule is Cc1ccc(S(=O)(=O)N2CC[NH+]([C@@H](C)C(=O)Nc3ccccc3C#N)CC2)cc1. The maximum Gasteiger partial charge on any atom is 0.282 e. The third-order valence-electron chi connectivity index (χ3n) is 5.33. The Morgan fingerprint density at radius 2 is 1.76 bits per heavy atom. The van der Waals surface area contributed by atoms with Gasteiger partial charge in [0.2, 0.25) is 10.0 Å². The van der Waals surface area contributed by atoms with Gasteiger partial charge in [0.25, 0.3) is 5.91 Å². The molecule has 0 saturated carbocycles. The average Bonchev–Trinajstić information content (AvgIpc) is 2.74. The summed E-state index contributed by atoms with van der Waals surface area (Å²) < 4.78 is 27.1. The first-order valence-corrected chi connectivity index (χ1v) is 11.0. The first-order valence-electron chi connectivity index (χ1n) is 9.54. The van der Waals surface area contributed by atoms with E-state index in [-0.39, 0.29) is 11.9 Å². The second kappa shape index (κ2) is 8.74. The number of carbonyl (C=O) groups excluding carboxylic acids is 1. The standard InChI is InChI=1S/C21H24N4O3S/c1-16-7-9-19(10-8-16)29(27,28)25-13-11-24(12-14-25)17(2)21(26)23-20-6-4-3-5-18(20)15-22/h3-10,17H,11-14H2,1-2H3,(H,23,26)/p+1/t17-/m0/s1. The van der Waals surface area contributed by atoms with Crippen LogP contribution in [0.15, 0.2) is 53.4 Å². The predicted octanol–water partition coefficient (Wildman–Crippen LogP) is 0.783. The Kier molecular flexibility index (Phi) is 6.33. The highest BCUT2D eigenvalue weighted by atomic mass is 32.2. The summed E-state index contributed by atoms with van der Waals surface area (Å²) >= 11 is 0. The first-order chi connectivity index (χ1) is 13.8. The van der Waals surface area contributed by atoms with E-state index in [1.54, 1.807) is 48.5 Å². The molecule has 0 bridgehead atoms. The lowest BCUT2D eigenvalue weighted by Gasteiger charge is -2.34. The van der Waals surface area contributed by atoms with E-state index >= 15 is 0 Å². The third kappa shape index (κ3) is 4.65. The van der Waals surface area contributed by atoms with Crippen LogP contribution in [-0.4, -0.2) is 50.9 Å². The molecule has 1 aliphatic rings. The molecular formula is C21H25N4O3S+. The van der Waals surface area contributed by atoms with E-state index in [1.807, 2.05) is 13.8 Å². The van der Waals surface area contributed by atoms with Crippen molar-refractivity contribution in [2.24, 2.45) is 0 Å². The molecule has 1 fully saturated rings. The Morgan fingerprint density at radius 1 is 1.14 bits per heavy atom. The number of amides is 1. The second-order valence-electron chi connectivity index (χ2n) is 7.24. The van der Waals surface area contributed by atoms with Crippen molar-refractivity contribution in [3.63, 3.8) is 0 Å². The summed E-state index contributed by atoms with van der Waals surface area (Å²) in [5.74, 6) is -0.183. The fourth-order valence-corrected chi connectivity index (χ4v) is 4.86. The zero-order valence-corrected chi connectivity index (χ0v) is 17.4. The van der Waals surface area contributed by atoms with Crippen molar-refractivity contribution in [2.75, 3.05) is 31.5 Å². The highest BCUT2D eigenvalue weighted by molar-refractivity contribution is 7.89. The van der Waals surface area contributed by atoms with Crippen LogP contribution in [0.3, 0.4) is 0 Å². The molecule has 1 heterocycles. The summed E-state index contributed by atoms with van der Waals surface area (Å²) in [6.45, 7) is 5.54. The monoisotopic (exact) mass is 413 g/mol. The predicted molar refractivity (Wildman–Crippen MR) is 110 cm³/mol. The lowest BCUT2D eigenvalue weighted by atomic mass is 10.1. The lowest BCUT2D eigenvalue weighted by molar-refractivity contribution is -0.917. The maximum absolute atomic E-state index is 12.8. The molecule has 0 aliphatic carbocycles. The maximum atomic E-state index is 12.8. The fourth-order valence-electron chi connectivity index (χ4n) is 3.42. The van der Waals surface area contributed by atoms with Crippen LogP contribution in [0.5, 0.6) is 0 Å². The number of anilines is 1. The number of carbonyl (C=O) groups is 1. The van der Waals surface area contributed by atoms with Crippen LogP contribution in [0, 0.1) is 18.3 Å². The van der Waals surface area contributed by atoms with Gasteiger partial charge in [-0.25, -0.2) is 8.42 Å². The molecule has 8 heteroatoms. The average molecular weight is 414 g/mol. The molecule has 1 saturated heterocycles. The van der Waals surface area contributed by atoms with Gasteiger partial charge in [-0.15, -0.1) is 0 Å². The Balaban J connectivity index is 1.62. The van der Waals surface area contributed by atoms with E-state index in [9.17, 15) is 13.2 Å². The summed E-state index contributed by atoms with van der Waals surface area (Å²) in [5, 5.41) is 12.0. The van der Waals surface area contributed by atoms with Crippen LogP contribution in [0.25, 0.3) is 0 Å². The molecule has 0 spiro atoms. The highest BCUT2D eigenvalue weighted by Crippen LogP contribution is 2.16. The molecule has 0 aromatic heterocycles. The van der Waals surface area contributed by atoms with E-state index in [4.69, 9.17) is 5.26 Å². The molecule has 2 aromatic carbocycles.